The summed E-state index contributed by atoms with van der Waals surface area (Å²) in [5.74, 6) is 0.631. The second-order valence-corrected chi connectivity index (χ2v) is 4.49. The molecule has 0 aliphatic carbocycles. The smallest absolute Gasteiger partial charge is 0.319 e. The van der Waals surface area contributed by atoms with Crippen molar-refractivity contribution in [2.45, 2.75) is 26.1 Å². The Labute approximate surface area is 107 Å². The molecule has 1 aromatic heterocycles. The summed E-state index contributed by atoms with van der Waals surface area (Å²) in [5.41, 5.74) is 1.90. The van der Waals surface area contributed by atoms with E-state index < -0.39 is 12.7 Å². The Balaban J connectivity index is 2.61. The molecule has 0 unspecified atom stereocenters. The van der Waals surface area contributed by atoms with Crippen LogP contribution in [0.15, 0.2) is 18.2 Å². The van der Waals surface area contributed by atoms with E-state index in [1.807, 2.05) is 0 Å². The maximum Gasteiger partial charge on any atom is 0.406 e. The van der Waals surface area contributed by atoms with Crippen LogP contribution in [0.4, 0.5) is 13.2 Å². The zero-order valence-corrected chi connectivity index (χ0v) is 10.5. The SMILES string of the molecule is Cc1cccc2nc(CCCl)n(CC(F)(F)F)c12. The van der Waals surface area contributed by atoms with E-state index in [2.05, 4.69) is 4.98 Å². The first-order valence-electron chi connectivity index (χ1n) is 5.50. The number of aryl methyl sites for hydroxylation is 2. The molecule has 0 N–H and O–H groups in total. The van der Waals surface area contributed by atoms with E-state index in [4.69, 9.17) is 11.6 Å². The maximum absolute atomic E-state index is 12.6. The normalized spacial score (nSPS) is 12.3. The molecule has 2 aromatic rings. The molecule has 0 fully saturated rings. The van der Waals surface area contributed by atoms with Crippen molar-refractivity contribution in [1.29, 1.82) is 0 Å². The van der Waals surface area contributed by atoms with E-state index in [1.165, 1.54) is 4.57 Å². The van der Waals surface area contributed by atoms with Gasteiger partial charge in [-0.05, 0) is 18.6 Å². The lowest BCUT2D eigenvalue weighted by Crippen LogP contribution is -2.20. The van der Waals surface area contributed by atoms with Crippen LogP contribution in [-0.2, 0) is 13.0 Å². The fourth-order valence-corrected chi connectivity index (χ4v) is 2.21. The molecule has 0 saturated carbocycles. The van der Waals surface area contributed by atoms with E-state index in [-0.39, 0.29) is 5.88 Å². The van der Waals surface area contributed by atoms with E-state index in [0.717, 1.165) is 5.56 Å². The van der Waals surface area contributed by atoms with Crippen LogP contribution in [0.25, 0.3) is 11.0 Å². The second kappa shape index (κ2) is 4.80. The highest BCUT2D eigenvalue weighted by molar-refractivity contribution is 6.17. The Morgan fingerprint density at radius 3 is 2.67 bits per heavy atom. The topological polar surface area (TPSA) is 17.8 Å². The number of benzene rings is 1. The van der Waals surface area contributed by atoms with E-state index in [1.54, 1.807) is 25.1 Å². The van der Waals surface area contributed by atoms with Crippen molar-refractivity contribution < 1.29 is 13.2 Å². The summed E-state index contributed by atoms with van der Waals surface area (Å²) < 4.78 is 39.1. The second-order valence-electron chi connectivity index (χ2n) is 4.11. The number of alkyl halides is 4. The summed E-state index contributed by atoms with van der Waals surface area (Å²) in [6, 6.07) is 5.28. The number of imidazole rings is 1. The number of hydrogen-bond acceptors (Lipinski definition) is 1. The summed E-state index contributed by atoms with van der Waals surface area (Å²) in [4.78, 5) is 4.23. The van der Waals surface area contributed by atoms with Crippen molar-refractivity contribution in [3.63, 3.8) is 0 Å². The summed E-state index contributed by atoms with van der Waals surface area (Å²) in [7, 11) is 0. The molecule has 6 heteroatoms. The van der Waals surface area contributed by atoms with Crippen LogP contribution in [0.3, 0.4) is 0 Å². The molecule has 0 spiro atoms. The molecule has 98 valence electrons. The van der Waals surface area contributed by atoms with E-state index in [9.17, 15) is 13.2 Å². The Morgan fingerprint density at radius 2 is 2.06 bits per heavy atom. The van der Waals surface area contributed by atoms with Gasteiger partial charge >= 0.3 is 6.18 Å². The number of aromatic nitrogens is 2. The van der Waals surface area contributed by atoms with Crippen LogP contribution >= 0.6 is 11.6 Å². The zero-order valence-electron chi connectivity index (χ0n) is 9.76. The predicted octanol–water partition coefficient (Wildman–Crippen LogP) is 3.69. The third-order valence-electron chi connectivity index (χ3n) is 2.70. The van der Waals surface area contributed by atoms with Crippen LogP contribution in [0.1, 0.15) is 11.4 Å². The van der Waals surface area contributed by atoms with Gasteiger partial charge in [-0.15, -0.1) is 11.6 Å². The summed E-state index contributed by atoms with van der Waals surface area (Å²) >= 11 is 5.61. The van der Waals surface area contributed by atoms with Gasteiger partial charge in [0.05, 0.1) is 11.0 Å². The molecule has 0 atom stereocenters. The molecular weight excluding hydrogens is 265 g/mol. The number of hydrogen-bond donors (Lipinski definition) is 0. The molecule has 0 saturated heterocycles. The Kier molecular flexibility index (Phi) is 3.52. The fourth-order valence-electron chi connectivity index (χ4n) is 2.04. The standard InChI is InChI=1S/C12H12ClF3N2/c1-8-3-2-4-9-11(8)18(7-12(14,15)16)10(17-9)5-6-13/h2-4H,5-7H2,1H3. The van der Waals surface area contributed by atoms with Gasteiger partial charge in [-0.25, -0.2) is 4.98 Å². The molecule has 1 heterocycles. The predicted molar refractivity (Wildman–Crippen MR) is 64.9 cm³/mol. The highest BCUT2D eigenvalue weighted by atomic mass is 35.5. The van der Waals surface area contributed by atoms with Gasteiger partial charge < -0.3 is 4.57 Å². The Morgan fingerprint density at radius 1 is 1.33 bits per heavy atom. The van der Waals surface area contributed by atoms with Crippen molar-refractivity contribution in [1.82, 2.24) is 9.55 Å². The number of fused-ring (bicyclic) bond motifs is 1. The first-order chi connectivity index (χ1) is 8.42. The Hall–Kier alpha value is -1.23. The highest BCUT2D eigenvalue weighted by Gasteiger charge is 2.30. The molecule has 18 heavy (non-hydrogen) atoms. The molecule has 1 aromatic carbocycles. The van der Waals surface area contributed by atoms with Crippen molar-refractivity contribution >= 4 is 22.6 Å². The van der Waals surface area contributed by atoms with Crippen molar-refractivity contribution in [2.75, 3.05) is 5.88 Å². The van der Waals surface area contributed by atoms with Gasteiger partial charge in [-0.2, -0.15) is 13.2 Å². The number of rotatable bonds is 3. The van der Waals surface area contributed by atoms with Gasteiger partial charge in [-0.3, -0.25) is 0 Å². The van der Waals surface area contributed by atoms with Crippen LogP contribution in [-0.4, -0.2) is 21.6 Å². The lowest BCUT2D eigenvalue weighted by atomic mass is 10.2. The minimum atomic E-state index is -4.27. The van der Waals surface area contributed by atoms with Gasteiger partial charge in [0.1, 0.15) is 12.4 Å². The van der Waals surface area contributed by atoms with Crippen LogP contribution < -0.4 is 0 Å². The first-order valence-corrected chi connectivity index (χ1v) is 6.03. The molecule has 0 aliphatic rings. The minimum absolute atomic E-state index is 0.250. The lowest BCUT2D eigenvalue weighted by molar-refractivity contribution is -0.140. The fraction of sp³-hybridized carbons (Fsp3) is 0.417. The number of nitrogens with zero attached hydrogens (tertiary/aromatic N) is 2. The maximum atomic E-state index is 12.6. The van der Waals surface area contributed by atoms with Crippen LogP contribution in [0.2, 0.25) is 0 Å². The summed E-state index contributed by atoms with van der Waals surface area (Å²) in [5, 5.41) is 0. The highest BCUT2D eigenvalue weighted by Crippen LogP contribution is 2.25. The molecule has 0 bridgehead atoms. The average Bonchev–Trinajstić information content (AvgIpc) is 2.56. The average molecular weight is 277 g/mol. The van der Waals surface area contributed by atoms with Gasteiger partial charge in [-0.1, -0.05) is 12.1 Å². The number of para-hydroxylation sites is 1. The molecule has 0 amide bonds. The summed E-state index contributed by atoms with van der Waals surface area (Å²) in [6.45, 7) is 0.752. The van der Waals surface area contributed by atoms with Crippen LogP contribution in [0.5, 0.6) is 0 Å². The third kappa shape index (κ3) is 2.61. The zero-order chi connectivity index (χ0) is 13.3. The van der Waals surface area contributed by atoms with Gasteiger partial charge in [0.15, 0.2) is 0 Å². The Bertz CT molecular complexity index is 560. The monoisotopic (exact) mass is 276 g/mol. The minimum Gasteiger partial charge on any atom is -0.319 e. The molecular formula is C12H12ClF3N2. The molecule has 2 nitrogen and oxygen atoms in total. The lowest BCUT2D eigenvalue weighted by Gasteiger charge is -2.12. The first kappa shape index (κ1) is 13.2. The quantitative estimate of drug-likeness (QED) is 0.782. The molecule has 2 rings (SSSR count). The molecule has 0 radical (unpaired) electrons. The van der Waals surface area contributed by atoms with Crippen molar-refractivity contribution in [3.8, 4) is 0 Å². The van der Waals surface area contributed by atoms with E-state index in [0.29, 0.717) is 23.3 Å². The largest absolute Gasteiger partial charge is 0.406 e. The molecule has 0 aliphatic heterocycles. The van der Waals surface area contributed by atoms with Gasteiger partial charge in [0.2, 0.25) is 0 Å². The summed E-state index contributed by atoms with van der Waals surface area (Å²) in [6.07, 6.45) is -3.94. The van der Waals surface area contributed by atoms with Gasteiger partial charge in [0, 0.05) is 12.3 Å². The van der Waals surface area contributed by atoms with Gasteiger partial charge in [0.25, 0.3) is 0 Å². The van der Waals surface area contributed by atoms with Crippen molar-refractivity contribution in [2.24, 2.45) is 0 Å². The number of halogens is 4. The third-order valence-corrected chi connectivity index (χ3v) is 2.89. The van der Waals surface area contributed by atoms with Crippen molar-refractivity contribution in [3.05, 3.63) is 29.6 Å². The van der Waals surface area contributed by atoms with E-state index >= 15 is 0 Å². The van der Waals surface area contributed by atoms with Crippen LogP contribution in [0, 0.1) is 6.92 Å².